The van der Waals surface area contributed by atoms with Crippen molar-refractivity contribution in [3.63, 3.8) is 0 Å². The average Bonchev–Trinajstić information content (AvgIpc) is 2.91. The summed E-state index contributed by atoms with van der Waals surface area (Å²) < 4.78 is 6.40. The lowest BCUT2D eigenvalue weighted by Gasteiger charge is -2.05. The molecule has 1 aromatic carbocycles. The van der Waals surface area contributed by atoms with E-state index in [1.807, 2.05) is 12.1 Å². The number of carbonyl (C=O) groups excluding carboxylic acids is 1. The third-order valence-corrected chi connectivity index (χ3v) is 4.28. The van der Waals surface area contributed by atoms with E-state index in [1.165, 1.54) is 10.8 Å². The number of hydrogen-bond donors (Lipinski definition) is 1. The van der Waals surface area contributed by atoms with Crippen LogP contribution in [0.4, 0.5) is 0 Å². The highest BCUT2D eigenvalue weighted by molar-refractivity contribution is 6.33. The van der Waals surface area contributed by atoms with E-state index in [-0.39, 0.29) is 10.7 Å². The molecule has 26 heavy (non-hydrogen) atoms. The molecule has 0 aliphatic heterocycles. The van der Waals surface area contributed by atoms with Gasteiger partial charge in [-0.3, -0.25) is 4.79 Å². The van der Waals surface area contributed by atoms with E-state index in [0.29, 0.717) is 41.5 Å². The van der Waals surface area contributed by atoms with Gasteiger partial charge in [0.25, 0.3) is 5.91 Å². The Hall–Kier alpha value is -2.33. The zero-order valence-corrected chi connectivity index (χ0v) is 15.9. The maximum atomic E-state index is 12.2. The van der Waals surface area contributed by atoms with E-state index >= 15 is 0 Å². The first-order valence-corrected chi connectivity index (χ1v) is 8.64. The maximum Gasteiger partial charge on any atom is 0.261 e. The fourth-order valence-corrected chi connectivity index (χ4v) is 2.80. The van der Waals surface area contributed by atoms with Gasteiger partial charge in [-0.1, -0.05) is 35.3 Å². The number of ether oxygens (including phenoxy) is 1. The van der Waals surface area contributed by atoms with Gasteiger partial charge in [-0.05, 0) is 31.6 Å². The molecule has 0 aliphatic carbocycles. The summed E-state index contributed by atoms with van der Waals surface area (Å²) in [4.78, 5) is 12.2. The van der Waals surface area contributed by atoms with Crippen molar-refractivity contribution in [3.8, 4) is 11.8 Å². The van der Waals surface area contributed by atoms with E-state index in [1.54, 1.807) is 32.2 Å². The number of nitrogens with one attached hydrogen (secondary N) is 1. The van der Waals surface area contributed by atoms with Gasteiger partial charge >= 0.3 is 0 Å². The molecule has 1 heterocycles. The van der Waals surface area contributed by atoms with Gasteiger partial charge in [-0.15, -0.1) is 0 Å². The van der Waals surface area contributed by atoms with Crippen LogP contribution in [-0.4, -0.2) is 35.9 Å². The number of nitriles is 1. The van der Waals surface area contributed by atoms with Crippen molar-refractivity contribution in [1.29, 1.82) is 5.26 Å². The van der Waals surface area contributed by atoms with Crippen LogP contribution in [0.3, 0.4) is 0 Å². The number of hydrogen-bond acceptors (Lipinski definition) is 4. The number of nitrogens with zero attached hydrogens (tertiary/aromatic N) is 3. The smallest absolute Gasteiger partial charge is 0.261 e. The summed E-state index contributed by atoms with van der Waals surface area (Å²) in [5.41, 5.74) is 1.64. The largest absolute Gasteiger partial charge is 0.385 e. The molecule has 0 unspecified atom stereocenters. The second-order valence-corrected chi connectivity index (χ2v) is 6.19. The molecule has 0 saturated heterocycles. The van der Waals surface area contributed by atoms with Crippen LogP contribution in [0.15, 0.2) is 29.8 Å². The Morgan fingerprint density at radius 3 is 2.81 bits per heavy atom. The highest BCUT2D eigenvalue weighted by atomic mass is 35.5. The molecular formula is C18H18Cl2N4O2. The molecule has 0 fully saturated rings. The average molecular weight is 393 g/mol. The van der Waals surface area contributed by atoms with Gasteiger partial charge < -0.3 is 10.1 Å². The van der Waals surface area contributed by atoms with Crippen LogP contribution in [0.2, 0.25) is 10.2 Å². The van der Waals surface area contributed by atoms with Gasteiger partial charge in [0.1, 0.15) is 16.8 Å². The minimum Gasteiger partial charge on any atom is -0.385 e. The van der Waals surface area contributed by atoms with Crippen molar-refractivity contribution in [2.45, 2.75) is 13.3 Å². The standard InChI is InChI=1S/C18H18Cl2N4O2/c1-12-14(10-13(11-21)18(25)22-8-5-9-26-2)17(20)24(23-12)16-7-4-3-6-15(16)19/h3-4,6-7,10H,5,8-9H2,1-2H3,(H,22,25)/b13-10+. The second kappa shape index (κ2) is 9.39. The number of methoxy groups -OCH3 is 1. The van der Waals surface area contributed by atoms with Gasteiger partial charge in [-0.2, -0.15) is 10.4 Å². The monoisotopic (exact) mass is 392 g/mol. The molecule has 2 rings (SSSR count). The predicted molar refractivity (Wildman–Crippen MR) is 101 cm³/mol. The van der Waals surface area contributed by atoms with Crippen LogP contribution in [0.5, 0.6) is 0 Å². The first kappa shape index (κ1) is 20.0. The molecular weight excluding hydrogens is 375 g/mol. The third-order valence-electron chi connectivity index (χ3n) is 3.59. The Labute approximate surface area is 162 Å². The normalized spacial score (nSPS) is 11.3. The molecule has 2 aromatic rings. The number of aromatic nitrogens is 2. The van der Waals surface area contributed by atoms with Crippen molar-refractivity contribution >= 4 is 35.2 Å². The molecule has 136 valence electrons. The highest BCUT2D eigenvalue weighted by Gasteiger charge is 2.17. The van der Waals surface area contributed by atoms with E-state index in [9.17, 15) is 10.1 Å². The lowest BCUT2D eigenvalue weighted by molar-refractivity contribution is -0.117. The van der Waals surface area contributed by atoms with Crippen molar-refractivity contribution < 1.29 is 9.53 Å². The van der Waals surface area contributed by atoms with Crippen molar-refractivity contribution in [2.24, 2.45) is 0 Å². The highest BCUT2D eigenvalue weighted by Crippen LogP contribution is 2.28. The zero-order chi connectivity index (χ0) is 19.1. The van der Waals surface area contributed by atoms with Crippen molar-refractivity contribution in [1.82, 2.24) is 15.1 Å². The van der Waals surface area contributed by atoms with E-state index in [2.05, 4.69) is 10.4 Å². The number of benzene rings is 1. The minimum absolute atomic E-state index is 0.0499. The van der Waals surface area contributed by atoms with Gasteiger partial charge in [0, 0.05) is 25.8 Å². The molecule has 0 atom stereocenters. The van der Waals surface area contributed by atoms with Crippen LogP contribution in [0.1, 0.15) is 17.7 Å². The van der Waals surface area contributed by atoms with Crippen LogP contribution < -0.4 is 5.32 Å². The fraction of sp³-hybridized carbons (Fsp3) is 0.278. The summed E-state index contributed by atoms with van der Waals surface area (Å²) >= 11 is 12.6. The second-order valence-electron chi connectivity index (χ2n) is 5.43. The summed E-state index contributed by atoms with van der Waals surface area (Å²) in [5.74, 6) is -0.468. The first-order valence-electron chi connectivity index (χ1n) is 7.88. The molecule has 8 heteroatoms. The number of carbonyl (C=O) groups is 1. The van der Waals surface area contributed by atoms with Gasteiger partial charge in [-0.25, -0.2) is 4.68 Å². The molecule has 1 amide bonds. The zero-order valence-electron chi connectivity index (χ0n) is 14.4. The molecule has 1 N–H and O–H groups in total. The number of para-hydroxylation sites is 1. The first-order chi connectivity index (χ1) is 12.5. The topological polar surface area (TPSA) is 79.9 Å². The number of halogens is 2. The third kappa shape index (κ3) is 4.64. The van der Waals surface area contributed by atoms with E-state index in [0.717, 1.165) is 0 Å². The summed E-state index contributed by atoms with van der Waals surface area (Å²) in [6, 6.07) is 9.03. The van der Waals surface area contributed by atoms with Crippen molar-refractivity contribution in [3.05, 3.63) is 51.3 Å². The van der Waals surface area contributed by atoms with Crippen LogP contribution in [0.25, 0.3) is 11.8 Å². The van der Waals surface area contributed by atoms with Crippen LogP contribution in [0, 0.1) is 18.3 Å². The summed E-state index contributed by atoms with van der Waals surface area (Å²) in [6.07, 6.45) is 2.09. The fourth-order valence-electron chi connectivity index (χ4n) is 2.26. The Morgan fingerprint density at radius 1 is 1.42 bits per heavy atom. The number of amides is 1. The molecule has 0 saturated carbocycles. The molecule has 0 spiro atoms. The molecule has 1 aromatic heterocycles. The lowest BCUT2D eigenvalue weighted by atomic mass is 10.1. The summed E-state index contributed by atoms with van der Waals surface area (Å²) in [5, 5.41) is 17.1. The van der Waals surface area contributed by atoms with Crippen LogP contribution >= 0.6 is 23.2 Å². The quantitative estimate of drug-likeness (QED) is 0.443. The Kier molecular flexibility index (Phi) is 7.22. The molecule has 0 bridgehead atoms. The Balaban J connectivity index is 2.30. The lowest BCUT2D eigenvalue weighted by Crippen LogP contribution is -2.26. The molecule has 6 nitrogen and oxygen atoms in total. The summed E-state index contributed by atoms with van der Waals surface area (Å²) in [6.45, 7) is 2.69. The van der Waals surface area contributed by atoms with Gasteiger partial charge in [0.2, 0.25) is 0 Å². The minimum atomic E-state index is -0.468. The maximum absolute atomic E-state index is 12.2. The summed E-state index contributed by atoms with van der Waals surface area (Å²) in [7, 11) is 1.59. The van der Waals surface area contributed by atoms with E-state index in [4.69, 9.17) is 27.9 Å². The van der Waals surface area contributed by atoms with Gasteiger partial charge in [0.15, 0.2) is 0 Å². The molecule has 0 aliphatic rings. The van der Waals surface area contributed by atoms with Crippen LogP contribution in [-0.2, 0) is 9.53 Å². The Bertz CT molecular complexity index is 869. The predicted octanol–water partition coefficient (Wildman–Crippen LogP) is 3.55. The number of aryl methyl sites for hydroxylation is 1. The molecule has 0 radical (unpaired) electrons. The SMILES string of the molecule is COCCCNC(=O)/C(C#N)=C/c1c(C)nn(-c2ccccc2Cl)c1Cl. The van der Waals surface area contributed by atoms with Crippen molar-refractivity contribution in [2.75, 3.05) is 20.3 Å². The Morgan fingerprint density at radius 2 is 2.15 bits per heavy atom. The van der Waals surface area contributed by atoms with E-state index < -0.39 is 5.91 Å². The number of rotatable bonds is 7. The van der Waals surface area contributed by atoms with Gasteiger partial charge in [0.05, 0.1) is 16.4 Å².